The second kappa shape index (κ2) is 6.04. The molecule has 0 aliphatic rings. The van der Waals surface area contributed by atoms with Crippen LogP contribution >= 0.6 is 22.6 Å². The Bertz CT molecular complexity index is 573. The van der Waals surface area contributed by atoms with Gasteiger partial charge in [0.15, 0.2) is 0 Å². The zero-order chi connectivity index (χ0) is 14.8. The van der Waals surface area contributed by atoms with Crippen LogP contribution in [0.4, 0.5) is 11.6 Å². The number of nitrogens with zero attached hydrogens (tertiary/aromatic N) is 4. The van der Waals surface area contributed by atoms with Crippen LogP contribution in [0.25, 0.3) is 0 Å². The molecule has 0 bridgehead atoms. The molecule has 0 spiro atoms. The van der Waals surface area contributed by atoms with E-state index < -0.39 is 5.60 Å². The van der Waals surface area contributed by atoms with E-state index in [0.717, 1.165) is 15.0 Å². The van der Waals surface area contributed by atoms with E-state index in [1.54, 1.807) is 24.0 Å². The fourth-order valence-electron chi connectivity index (χ4n) is 1.61. The van der Waals surface area contributed by atoms with Gasteiger partial charge in [-0.05, 0) is 49.8 Å². The van der Waals surface area contributed by atoms with Crippen LogP contribution in [0.3, 0.4) is 0 Å². The summed E-state index contributed by atoms with van der Waals surface area (Å²) in [6.45, 7) is 7.87. The molecule has 0 aliphatic carbocycles. The first-order chi connectivity index (χ1) is 9.33. The van der Waals surface area contributed by atoms with Crippen molar-refractivity contribution in [1.82, 2.24) is 19.7 Å². The van der Waals surface area contributed by atoms with Crippen molar-refractivity contribution in [3.8, 4) is 0 Å². The molecule has 7 heteroatoms. The van der Waals surface area contributed by atoms with E-state index in [0.29, 0.717) is 18.9 Å². The summed E-state index contributed by atoms with van der Waals surface area (Å²) in [5.41, 5.74) is 0.776. The molecule has 0 saturated carbocycles. The van der Waals surface area contributed by atoms with Crippen molar-refractivity contribution >= 4 is 34.2 Å². The van der Waals surface area contributed by atoms with Crippen molar-refractivity contribution in [3.05, 3.63) is 34.8 Å². The second-order valence-corrected chi connectivity index (χ2v) is 6.23. The van der Waals surface area contributed by atoms with Crippen LogP contribution in [0.2, 0.25) is 0 Å². The number of nitrogens with one attached hydrogen (secondary N) is 1. The van der Waals surface area contributed by atoms with Crippen molar-refractivity contribution in [1.29, 1.82) is 0 Å². The van der Waals surface area contributed by atoms with E-state index in [-0.39, 0.29) is 0 Å². The highest BCUT2D eigenvalue weighted by atomic mass is 127. The minimum atomic E-state index is -0.938. The van der Waals surface area contributed by atoms with Crippen LogP contribution in [0.1, 0.15) is 19.0 Å². The predicted molar refractivity (Wildman–Crippen MR) is 85.6 cm³/mol. The Morgan fingerprint density at radius 2 is 2.10 bits per heavy atom. The number of aliphatic hydroxyl groups is 1. The molecule has 0 saturated heterocycles. The maximum absolute atomic E-state index is 9.63. The Morgan fingerprint density at radius 1 is 1.45 bits per heavy atom. The van der Waals surface area contributed by atoms with E-state index in [9.17, 15) is 5.11 Å². The second-order valence-electron chi connectivity index (χ2n) is 4.99. The largest absolute Gasteiger partial charge is 0.390 e. The summed E-state index contributed by atoms with van der Waals surface area (Å²) in [5.74, 6) is 0.539. The summed E-state index contributed by atoms with van der Waals surface area (Å²) in [6, 6.07) is 0. The number of rotatable bonds is 5. The Kier molecular flexibility index (Phi) is 4.59. The lowest BCUT2D eigenvalue weighted by molar-refractivity contribution is 0.0923. The lowest BCUT2D eigenvalue weighted by Gasteiger charge is -2.16. The minimum Gasteiger partial charge on any atom is -0.390 e. The van der Waals surface area contributed by atoms with Crippen LogP contribution in [0.5, 0.6) is 0 Å². The first-order valence-electron chi connectivity index (χ1n) is 6.20. The Hall–Kier alpha value is -1.22. The number of aryl methyl sites for hydroxylation is 2. The summed E-state index contributed by atoms with van der Waals surface area (Å²) < 4.78 is 2.77. The monoisotopic (exact) mass is 386 g/mol. The molecular formula is C13H17IN5O. The van der Waals surface area contributed by atoms with E-state index in [2.05, 4.69) is 49.9 Å². The SMILES string of the molecule is [CH2]C(C)(O)CCn1cc(Nc2ncc(I)cn2)c(C)n1. The Morgan fingerprint density at radius 3 is 2.70 bits per heavy atom. The number of hydrogen-bond donors (Lipinski definition) is 2. The van der Waals surface area contributed by atoms with E-state index >= 15 is 0 Å². The van der Waals surface area contributed by atoms with Gasteiger partial charge in [-0.15, -0.1) is 0 Å². The third-order valence-electron chi connectivity index (χ3n) is 2.69. The van der Waals surface area contributed by atoms with Crippen LogP contribution in [-0.4, -0.2) is 30.5 Å². The number of halogens is 1. The van der Waals surface area contributed by atoms with Crippen LogP contribution < -0.4 is 5.32 Å². The third kappa shape index (κ3) is 4.41. The fraction of sp³-hybridized carbons (Fsp3) is 0.385. The van der Waals surface area contributed by atoms with Gasteiger partial charge in [0.1, 0.15) is 0 Å². The lowest BCUT2D eigenvalue weighted by atomic mass is 10.1. The molecule has 107 valence electrons. The fourth-order valence-corrected chi connectivity index (χ4v) is 1.89. The zero-order valence-electron chi connectivity index (χ0n) is 11.5. The minimum absolute atomic E-state index is 0.535. The molecule has 0 fully saturated rings. The van der Waals surface area contributed by atoms with Gasteiger partial charge in [0, 0.05) is 28.7 Å². The summed E-state index contributed by atoms with van der Waals surface area (Å²) in [7, 11) is 0. The van der Waals surface area contributed by atoms with E-state index in [1.165, 1.54) is 0 Å². The normalized spacial score (nSPS) is 11.7. The summed E-state index contributed by atoms with van der Waals surface area (Å²) in [6.07, 6.45) is 5.90. The van der Waals surface area contributed by atoms with Crippen molar-refractivity contribution in [2.45, 2.75) is 32.4 Å². The summed E-state index contributed by atoms with van der Waals surface area (Å²) in [5, 5.41) is 17.1. The molecule has 0 aliphatic heterocycles. The van der Waals surface area contributed by atoms with Gasteiger partial charge >= 0.3 is 0 Å². The molecular weight excluding hydrogens is 369 g/mol. The average Bonchev–Trinajstić information content (AvgIpc) is 2.70. The molecule has 2 rings (SSSR count). The van der Waals surface area contributed by atoms with Gasteiger partial charge in [0.2, 0.25) is 5.95 Å². The highest BCUT2D eigenvalue weighted by Gasteiger charge is 2.14. The van der Waals surface area contributed by atoms with E-state index in [4.69, 9.17) is 0 Å². The Balaban J connectivity index is 2.05. The molecule has 1 atom stereocenters. The molecule has 20 heavy (non-hydrogen) atoms. The van der Waals surface area contributed by atoms with Gasteiger partial charge in [-0.2, -0.15) is 5.10 Å². The van der Waals surface area contributed by atoms with Gasteiger partial charge in [0.05, 0.1) is 17.0 Å². The molecule has 1 radical (unpaired) electrons. The number of hydrogen-bond acceptors (Lipinski definition) is 5. The number of aromatic nitrogens is 4. The highest BCUT2D eigenvalue weighted by Crippen LogP contribution is 2.18. The van der Waals surface area contributed by atoms with E-state index in [1.807, 2.05) is 13.1 Å². The summed E-state index contributed by atoms with van der Waals surface area (Å²) in [4.78, 5) is 8.38. The van der Waals surface area contributed by atoms with Crippen LogP contribution in [0.15, 0.2) is 18.6 Å². The first-order valence-corrected chi connectivity index (χ1v) is 7.28. The lowest BCUT2D eigenvalue weighted by Crippen LogP contribution is -2.21. The van der Waals surface area contributed by atoms with Crippen LogP contribution in [0, 0.1) is 17.4 Å². The first kappa shape index (κ1) is 15.2. The highest BCUT2D eigenvalue weighted by molar-refractivity contribution is 14.1. The maximum Gasteiger partial charge on any atom is 0.227 e. The Labute approximate surface area is 131 Å². The van der Waals surface area contributed by atoms with Gasteiger partial charge in [0.25, 0.3) is 0 Å². The smallest absolute Gasteiger partial charge is 0.227 e. The van der Waals surface area contributed by atoms with Gasteiger partial charge in [-0.1, -0.05) is 0 Å². The quantitative estimate of drug-likeness (QED) is 0.772. The average molecular weight is 386 g/mol. The van der Waals surface area contributed by atoms with Crippen LogP contribution in [-0.2, 0) is 6.54 Å². The number of anilines is 2. The van der Waals surface area contributed by atoms with Crippen molar-refractivity contribution < 1.29 is 5.11 Å². The standard InChI is InChI=1S/C13H17IN5O/c1-9-11(17-12-15-6-10(14)7-16-12)8-19(18-9)5-4-13(2,3)20/h6-8,20H,2,4-5H2,1,3H3,(H,15,16,17). The molecule has 2 aromatic rings. The predicted octanol–water partition coefficient (Wildman–Crippen LogP) is 2.30. The van der Waals surface area contributed by atoms with Crippen molar-refractivity contribution in [3.63, 3.8) is 0 Å². The third-order valence-corrected chi connectivity index (χ3v) is 3.25. The molecule has 2 aromatic heterocycles. The molecule has 2 heterocycles. The molecule has 1 unspecified atom stereocenters. The summed E-state index contributed by atoms with van der Waals surface area (Å²) >= 11 is 2.16. The van der Waals surface area contributed by atoms with Gasteiger partial charge < -0.3 is 10.4 Å². The maximum atomic E-state index is 9.63. The zero-order valence-corrected chi connectivity index (χ0v) is 13.6. The molecule has 0 aromatic carbocycles. The van der Waals surface area contributed by atoms with Crippen molar-refractivity contribution in [2.24, 2.45) is 0 Å². The topological polar surface area (TPSA) is 75.9 Å². The molecule has 2 N–H and O–H groups in total. The van der Waals surface area contributed by atoms with Gasteiger partial charge in [-0.3, -0.25) is 4.68 Å². The molecule has 0 amide bonds. The van der Waals surface area contributed by atoms with Gasteiger partial charge in [-0.25, -0.2) is 9.97 Å². The van der Waals surface area contributed by atoms with Crippen molar-refractivity contribution in [2.75, 3.05) is 5.32 Å². The molecule has 6 nitrogen and oxygen atoms in total.